The van der Waals surface area contributed by atoms with Crippen LogP contribution in [0.4, 0.5) is 0 Å². The van der Waals surface area contributed by atoms with Gasteiger partial charge in [0.25, 0.3) is 5.56 Å². The van der Waals surface area contributed by atoms with Crippen LogP contribution in [0, 0.1) is 0 Å². The number of nitrogens with zero attached hydrogens (tertiary/aromatic N) is 3. The van der Waals surface area contributed by atoms with Crippen LogP contribution in [-0.2, 0) is 0 Å². The Hall–Kier alpha value is -2.37. The minimum Gasteiger partial charge on any atom is -0.301 e. The van der Waals surface area contributed by atoms with E-state index in [0.29, 0.717) is 16.6 Å². The molecule has 1 N–H and O–H groups in total. The summed E-state index contributed by atoms with van der Waals surface area (Å²) in [4.78, 5) is 19.6. The molecule has 0 atom stereocenters. The molecule has 3 heterocycles. The number of aromatic nitrogens is 3. The fraction of sp³-hybridized carbons (Fsp3) is 0.364. The number of hydrogen-bond acceptors (Lipinski definition) is 3. The van der Waals surface area contributed by atoms with E-state index in [1.165, 1.54) is 0 Å². The van der Waals surface area contributed by atoms with Crippen LogP contribution in [0.5, 0.6) is 0 Å². The van der Waals surface area contributed by atoms with Crippen LogP contribution >= 0.6 is 11.6 Å². The van der Waals surface area contributed by atoms with Crippen molar-refractivity contribution in [3.8, 4) is 22.4 Å². The van der Waals surface area contributed by atoms with Crippen LogP contribution in [0.3, 0.4) is 0 Å². The number of H-pyrrole nitrogens is 1. The summed E-state index contributed by atoms with van der Waals surface area (Å²) < 4.78 is 2.08. The summed E-state index contributed by atoms with van der Waals surface area (Å²) >= 11 is 6.06. The third-order valence-electron chi connectivity index (χ3n) is 5.61. The monoisotopic (exact) mass is 396 g/mol. The van der Waals surface area contributed by atoms with Crippen LogP contribution in [0.25, 0.3) is 22.4 Å². The molecule has 1 fully saturated rings. The molecule has 28 heavy (non-hydrogen) atoms. The van der Waals surface area contributed by atoms with Crippen molar-refractivity contribution in [1.29, 1.82) is 0 Å². The first-order valence-corrected chi connectivity index (χ1v) is 10.2. The first-order valence-electron chi connectivity index (χ1n) is 9.79. The van der Waals surface area contributed by atoms with Crippen molar-refractivity contribution in [1.82, 2.24) is 19.7 Å². The van der Waals surface area contributed by atoms with E-state index < -0.39 is 0 Å². The zero-order valence-electron chi connectivity index (χ0n) is 16.2. The zero-order chi connectivity index (χ0) is 19.7. The second-order valence-corrected chi connectivity index (χ2v) is 8.07. The van der Waals surface area contributed by atoms with Crippen LogP contribution in [0.2, 0.25) is 5.02 Å². The highest BCUT2D eigenvalue weighted by molar-refractivity contribution is 6.30. The van der Waals surface area contributed by atoms with Gasteiger partial charge in [0.1, 0.15) is 0 Å². The van der Waals surface area contributed by atoms with Gasteiger partial charge in [-0.25, -0.2) is 0 Å². The molecule has 5 nitrogen and oxygen atoms in total. The average molecular weight is 397 g/mol. The quantitative estimate of drug-likeness (QED) is 0.700. The highest BCUT2D eigenvalue weighted by Gasteiger charge is 2.27. The molecular formula is C22H25ClN4O. The summed E-state index contributed by atoms with van der Waals surface area (Å²) in [5, 5.41) is 3.79. The third kappa shape index (κ3) is 3.64. The van der Waals surface area contributed by atoms with Gasteiger partial charge >= 0.3 is 0 Å². The lowest BCUT2D eigenvalue weighted by molar-refractivity contribution is 0.147. The largest absolute Gasteiger partial charge is 0.301 e. The van der Waals surface area contributed by atoms with Crippen molar-refractivity contribution in [3.05, 3.63) is 64.2 Å². The molecule has 2 aromatic heterocycles. The van der Waals surface area contributed by atoms with Gasteiger partial charge in [-0.1, -0.05) is 23.7 Å². The lowest BCUT2D eigenvalue weighted by Crippen LogP contribution is -2.39. The van der Waals surface area contributed by atoms with Crippen LogP contribution < -0.4 is 5.56 Å². The van der Waals surface area contributed by atoms with Crippen LogP contribution in [0.15, 0.2) is 53.6 Å². The normalized spacial score (nSPS) is 16.0. The van der Waals surface area contributed by atoms with E-state index >= 15 is 0 Å². The molecule has 1 aliphatic rings. The highest BCUT2D eigenvalue weighted by atomic mass is 35.5. The predicted molar refractivity (Wildman–Crippen MR) is 114 cm³/mol. The van der Waals surface area contributed by atoms with Crippen molar-refractivity contribution >= 4 is 11.6 Å². The molecule has 6 heteroatoms. The summed E-state index contributed by atoms with van der Waals surface area (Å²) in [5.74, 6) is 0. The molecule has 0 unspecified atom stereocenters. The third-order valence-corrected chi connectivity index (χ3v) is 5.86. The first kappa shape index (κ1) is 19.0. The second kappa shape index (κ2) is 7.94. The maximum Gasteiger partial charge on any atom is 0.272 e. The van der Waals surface area contributed by atoms with E-state index in [1.807, 2.05) is 36.4 Å². The van der Waals surface area contributed by atoms with E-state index in [4.69, 9.17) is 11.6 Å². The number of aromatic amines is 1. The van der Waals surface area contributed by atoms with Gasteiger partial charge in [-0.2, -0.15) is 0 Å². The van der Waals surface area contributed by atoms with Crippen molar-refractivity contribution in [2.45, 2.75) is 38.8 Å². The SMILES string of the molecule is CC(C)N1CCC(n2[nH]c(=O)c(-c3ccc(Cl)cc3)c2-c2ccncc2)CC1. The Balaban J connectivity index is 1.80. The molecule has 3 aromatic rings. The van der Waals surface area contributed by atoms with Crippen LogP contribution in [-0.4, -0.2) is 38.8 Å². The molecule has 1 aliphatic heterocycles. The number of halogens is 1. The molecule has 0 saturated carbocycles. The number of rotatable bonds is 4. The summed E-state index contributed by atoms with van der Waals surface area (Å²) in [5.41, 5.74) is 3.41. The molecule has 1 aromatic carbocycles. The maximum absolute atomic E-state index is 13.0. The fourth-order valence-corrected chi connectivity index (χ4v) is 4.19. The van der Waals surface area contributed by atoms with Gasteiger partial charge in [0.2, 0.25) is 0 Å². The average Bonchev–Trinajstić information content (AvgIpc) is 3.06. The molecular weight excluding hydrogens is 372 g/mol. The van der Waals surface area contributed by atoms with Crippen molar-refractivity contribution in [2.75, 3.05) is 13.1 Å². The number of hydrogen-bond donors (Lipinski definition) is 1. The van der Waals surface area contributed by atoms with E-state index in [9.17, 15) is 4.79 Å². The number of benzene rings is 1. The smallest absolute Gasteiger partial charge is 0.272 e. The molecule has 0 radical (unpaired) electrons. The van der Waals surface area contributed by atoms with Gasteiger partial charge in [0.05, 0.1) is 17.3 Å². The summed E-state index contributed by atoms with van der Waals surface area (Å²) in [6, 6.07) is 12.2. The lowest BCUT2D eigenvalue weighted by Gasteiger charge is -2.35. The minimum atomic E-state index is -0.0691. The maximum atomic E-state index is 13.0. The molecule has 146 valence electrons. The molecule has 0 amide bonds. The van der Waals surface area contributed by atoms with Crippen molar-refractivity contribution in [2.24, 2.45) is 0 Å². The number of likely N-dealkylation sites (tertiary alicyclic amines) is 1. The molecule has 4 rings (SSSR count). The minimum absolute atomic E-state index is 0.0691. The zero-order valence-corrected chi connectivity index (χ0v) is 17.0. The van der Waals surface area contributed by atoms with Crippen molar-refractivity contribution in [3.63, 3.8) is 0 Å². The standard InChI is InChI=1S/C22H25ClN4O/c1-15(2)26-13-9-19(10-14-26)27-21(17-7-11-24-12-8-17)20(22(28)25-27)16-3-5-18(23)6-4-16/h3-8,11-12,15,19H,9-10,13-14H2,1-2H3,(H,25,28). The predicted octanol–water partition coefficient (Wildman–Crippen LogP) is 4.60. The van der Waals surface area contributed by atoms with Crippen LogP contribution in [0.1, 0.15) is 32.7 Å². The van der Waals surface area contributed by atoms with E-state index in [-0.39, 0.29) is 11.6 Å². The summed E-state index contributed by atoms with van der Waals surface area (Å²) in [7, 11) is 0. The molecule has 0 spiro atoms. The Bertz CT molecular complexity index is 984. The summed E-state index contributed by atoms with van der Waals surface area (Å²) in [6.45, 7) is 6.54. The van der Waals surface area contributed by atoms with Gasteiger partial charge in [0.15, 0.2) is 0 Å². The van der Waals surface area contributed by atoms with Gasteiger partial charge < -0.3 is 4.90 Å². The fourth-order valence-electron chi connectivity index (χ4n) is 4.06. The molecule has 1 saturated heterocycles. The van der Waals surface area contributed by atoms with Gasteiger partial charge in [0, 0.05) is 42.1 Å². The molecule has 0 bridgehead atoms. The van der Waals surface area contributed by atoms with Gasteiger partial charge in [-0.15, -0.1) is 0 Å². The summed E-state index contributed by atoms with van der Waals surface area (Å²) in [6.07, 6.45) is 5.57. The van der Waals surface area contributed by atoms with Gasteiger partial charge in [-0.05, 0) is 56.5 Å². The molecule has 0 aliphatic carbocycles. The van der Waals surface area contributed by atoms with E-state index in [2.05, 4.69) is 33.5 Å². The topological polar surface area (TPSA) is 53.9 Å². The van der Waals surface area contributed by atoms with Gasteiger partial charge in [-0.3, -0.25) is 19.6 Å². The number of pyridine rings is 1. The lowest BCUT2D eigenvalue weighted by atomic mass is 9.99. The Morgan fingerprint density at radius 1 is 1.04 bits per heavy atom. The second-order valence-electron chi connectivity index (χ2n) is 7.64. The van der Waals surface area contributed by atoms with E-state index in [0.717, 1.165) is 42.8 Å². The van der Waals surface area contributed by atoms with E-state index in [1.54, 1.807) is 12.4 Å². The Morgan fingerprint density at radius 3 is 2.29 bits per heavy atom. The Labute approximate surface area is 170 Å². The first-order chi connectivity index (χ1) is 13.5. The highest BCUT2D eigenvalue weighted by Crippen LogP contribution is 2.34. The van der Waals surface area contributed by atoms with Crippen molar-refractivity contribution < 1.29 is 0 Å². The Kier molecular flexibility index (Phi) is 5.38. The Morgan fingerprint density at radius 2 is 1.68 bits per heavy atom. The number of piperidine rings is 1. The number of nitrogens with one attached hydrogen (secondary N) is 1.